The predicted molar refractivity (Wildman–Crippen MR) is 194 cm³/mol. The maximum absolute atomic E-state index is 14.7. The molecule has 0 heterocycles. The molecule has 50 heavy (non-hydrogen) atoms. The molecular formula is C36H38Cl2N4O7S. The van der Waals surface area contributed by atoms with Gasteiger partial charge in [0.2, 0.25) is 11.8 Å². The van der Waals surface area contributed by atoms with Crippen LogP contribution in [0.2, 0.25) is 10.0 Å². The lowest BCUT2D eigenvalue weighted by atomic mass is 10.0. The van der Waals surface area contributed by atoms with Crippen LogP contribution < -0.4 is 14.4 Å². The Balaban J connectivity index is 1.90. The number of hydrogen-bond acceptors (Lipinski definition) is 7. The Hall–Kier alpha value is -4.65. The zero-order valence-corrected chi connectivity index (χ0v) is 30.3. The van der Waals surface area contributed by atoms with Gasteiger partial charge in [0.05, 0.1) is 22.6 Å². The third-order valence-corrected chi connectivity index (χ3v) is 10.6. The van der Waals surface area contributed by atoms with Crippen LogP contribution in [0.5, 0.6) is 5.75 Å². The fourth-order valence-corrected chi connectivity index (χ4v) is 7.05. The van der Waals surface area contributed by atoms with E-state index in [0.29, 0.717) is 17.0 Å². The lowest BCUT2D eigenvalue weighted by Crippen LogP contribution is -2.54. The molecule has 4 aromatic rings. The number of hydrogen-bond donors (Lipinski definition) is 1. The van der Waals surface area contributed by atoms with Crippen molar-refractivity contribution < 1.29 is 27.7 Å². The number of nitro benzene ring substituents is 1. The topological polar surface area (TPSA) is 139 Å². The number of carbonyl (C=O) groups excluding carboxylic acids is 2. The van der Waals surface area contributed by atoms with E-state index < -0.39 is 49.9 Å². The standard InChI is InChI=1S/C36H38Cl2N4O7S/c1-5-25(3)39-36(44)33(19-26-11-7-6-8-12-26)40(22-27-13-9-10-14-30(27)38)35(43)23-41(32-20-28(37)16-18-34(32)49-4)50(47,48)29-17-15-24(2)31(21-29)42(45)46/h6-18,20-21,25,33H,5,19,22-23H2,1-4H3,(H,39,44)/t25-,33+/m0/s1. The van der Waals surface area contributed by atoms with Gasteiger partial charge in [-0.3, -0.25) is 24.0 Å². The molecule has 0 aromatic heterocycles. The van der Waals surface area contributed by atoms with Crippen LogP contribution in [-0.4, -0.2) is 55.8 Å². The van der Waals surface area contributed by atoms with Gasteiger partial charge in [0.15, 0.2) is 0 Å². The summed E-state index contributed by atoms with van der Waals surface area (Å²) in [5, 5.41) is 15.3. The molecule has 0 bridgehead atoms. The lowest BCUT2D eigenvalue weighted by Gasteiger charge is -2.34. The average Bonchev–Trinajstić information content (AvgIpc) is 3.09. The summed E-state index contributed by atoms with van der Waals surface area (Å²) in [5.74, 6) is -1.12. The highest BCUT2D eigenvalue weighted by atomic mass is 35.5. The molecule has 0 saturated heterocycles. The Morgan fingerprint density at radius 2 is 1.66 bits per heavy atom. The molecule has 0 radical (unpaired) electrons. The molecule has 264 valence electrons. The number of aryl methyl sites for hydroxylation is 1. The predicted octanol–water partition coefficient (Wildman–Crippen LogP) is 6.97. The Labute approximate surface area is 302 Å². The summed E-state index contributed by atoms with van der Waals surface area (Å²) >= 11 is 12.9. The number of nitrogens with zero attached hydrogens (tertiary/aromatic N) is 3. The molecule has 14 heteroatoms. The molecule has 0 saturated carbocycles. The molecule has 0 spiro atoms. The molecule has 2 amide bonds. The second kappa shape index (κ2) is 16.8. The van der Waals surface area contributed by atoms with Gasteiger partial charge >= 0.3 is 0 Å². The Bertz CT molecular complexity index is 1960. The number of nitrogens with one attached hydrogen (secondary N) is 1. The van der Waals surface area contributed by atoms with Gasteiger partial charge in [-0.1, -0.05) is 84.7 Å². The van der Waals surface area contributed by atoms with Crippen LogP contribution in [0.4, 0.5) is 11.4 Å². The van der Waals surface area contributed by atoms with E-state index in [-0.39, 0.29) is 41.0 Å². The van der Waals surface area contributed by atoms with Gasteiger partial charge in [0.25, 0.3) is 15.7 Å². The number of methoxy groups -OCH3 is 1. The molecule has 1 N–H and O–H groups in total. The van der Waals surface area contributed by atoms with Crippen LogP contribution in [0.1, 0.15) is 37.0 Å². The molecule has 4 aromatic carbocycles. The molecular weight excluding hydrogens is 703 g/mol. The van der Waals surface area contributed by atoms with Crippen LogP contribution >= 0.6 is 23.2 Å². The van der Waals surface area contributed by atoms with Gasteiger partial charge in [-0.05, 0) is 61.7 Å². The van der Waals surface area contributed by atoms with E-state index in [0.717, 1.165) is 15.9 Å². The Kier molecular flexibility index (Phi) is 12.9. The first-order chi connectivity index (χ1) is 23.8. The van der Waals surface area contributed by atoms with Crippen LogP contribution in [0.25, 0.3) is 0 Å². The first kappa shape index (κ1) is 38.2. The normalized spacial score (nSPS) is 12.4. The maximum Gasteiger partial charge on any atom is 0.273 e. The molecule has 0 aliphatic carbocycles. The largest absolute Gasteiger partial charge is 0.495 e. The van der Waals surface area contributed by atoms with Crippen molar-refractivity contribution in [3.8, 4) is 5.75 Å². The minimum atomic E-state index is -4.70. The number of nitro groups is 1. The first-order valence-corrected chi connectivity index (χ1v) is 17.9. The zero-order chi connectivity index (χ0) is 36.6. The second-order valence-corrected chi connectivity index (χ2v) is 14.4. The average molecular weight is 742 g/mol. The highest BCUT2D eigenvalue weighted by Crippen LogP contribution is 2.36. The third kappa shape index (κ3) is 9.12. The summed E-state index contributed by atoms with van der Waals surface area (Å²) in [4.78, 5) is 40.7. The van der Waals surface area contributed by atoms with Gasteiger partial charge in [0.1, 0.15) is 18.3 Å². The van der Waals surface area contributed by atoms with E-state index >= 15 is 0 Å². The van der Waals surface area contributed by atoms with Crippen molar-refractivity contribution >= 4 is 56.4 Å². The summed E-state index contributed by atoms with van der Waals surface area (Å²) in [7, 11) is -3.37. The van der Waals surface area contributed by atoms with Crippen molar-refractivity contribution in [1.82, 2.24) is 10.2 Å². The van der Waals surface area contributed by atoms with Crippen LogP contribution in [0.3, 0.4) is 0 Å². The summed E-state index contributed by atoms with van der Waals surface area (Å²) in [6, 6.07) is 22.4. The lowest BCUT2D eigenvalue weighted by molar-refractivity contribution is -0.385. The van der Waals surface area contributed by atoms with Crippen molar-refractivity contribution in [2.24, 2.45) is 0 Å². The van der Waals surface area contributed by atoms with E-state index in [1.165, 1.54) is 49.3 Å². The fourth-order valence-electron chi connectivity index (χ4n) is 5.25. The van der Waals surface area contributed by atoms with E-state index in [4.69, 9.17) is 27.9 Å². The number of sulfonamides is 1. The number of amides is 2. The number of carbonyl (C=O) groups is 2. The maximum atomic E-state index is 14.7. The van der Waals surface area contributed by atoms with Crippen molar-refractivity contribution in [2.75, 3.05) is 18.0 Å². The molecule has 2 atom stereocenters. The number of anilines is 1. The number of ether oxygens (including phenoxy) is 1. The highest BCUT2D eigenvalue weighted by Gasteiger charge is 2.36. The third-order valence-electron chi connectivity index (χ3n) is 8.22. The summed E-state index contributed by atoms with van der Waals surface area (Å²) < 4.78 is 35.2. The molecule has 0 aliphatic rings. The van der Waals surface area contributed by atoms with E-state index in [2.05, 4.69) is 5.32 Å². The van der Waals surface area contributed by atoms with Crippen LogP contribution in [0.15, 0.2) is 95.9 Å². The number of rotatable bonds is 15. The zero-order valence-electron chi connectivity index (χ0n) is 28.0. The Morgan fingerprint density at radius 3 is 2.30 bits per heavy atom. The van der Waals surface area contributed by atoms with E-state index in [9.17, 15) is 28.1 Å². The summed E-state index contributed by atoms with van der Waals surface area (Å²) in [6.45, 7) is 4.28. The number of benzene rings is 4. The SMILES string of the molecule is CC[C@H](C)NC(=O)[C@@H](Cc1ccccc1)N(Cc1ccccc1Cl)C(=O)CN(c1cc(Cl)ccc1OC)S(=O)(=O)c1ccc(C)c([N+](=O)[O-])c1. The Morgan fingerprint density at radius 1 is 0.980 bits per heavy atom. The van der Waals surface area contributed by atoms with Crippen LogP contribution in [0, 0.1) is 17.0 Å². The quantitative estimate of drug-likeness (QED) is 0.103. The molecule has 0 fully saturated rings. The molecule has 0 unspecified atom stereocenters. The van der Waals surface area contributed by atoms with Crippen molar-refractivity contribution in [3.05, 3.63) is 128 Å². The number of halogens is 2. The summed E-state index contributed by atoms with van der Waals surface area (Å²) in [5.41, 5.74) is 1.04. The highest BCUT2D eigenvalue weighted by molar-refractivity contribution is 7.92. The smallest absolute Gasteiger partial charge is 0.273 e. The van der Waals surface area contributed by atoms with E-state index in [1.54, 1.807) is 24.3 Å². The van der Waals surface area contributed by atoms with E-state index in [1.807, 2.05) is 44.2 Å². The monoisotopic (exact) mass is 740 g/mol. The second-order valence-electron chi connectivity index (χ2n) is 11.7. The van der Waals surface area contributed by atoms with Crippen molar-refractivity contribution in [2.45, 2.75) is 57.1 Å². The van der Waals surface area contributed by atoms with Crippen LogP contribution in [-0.2, 0) is 32.6 Å². The summed E-state index contributed by atoms with van der Waals surface area (Å²) in [6.07, 6.45) is 0.738. The van der Waals surface area contributed by atoms with Gasteiger partial charge in [-0.15, -0.1) is 0 Å². The molecule has 11 nitrogen and oxygen atoms in total. The van der Waals surface area contributed by atoms with Crippen molar-refractivity contribution in [1.29, 1.82) is 0 Å². The fraction of sp³-hybridized carbons (Fsp3) is 0.278. The van der Waals surface area contributed by atoms with Gasteiger partial charge in [-0.25, -0.2) is 8.42 Å². The minimum Gasteiger partial charge on any atom is -0.495 e. The molecule has 4 rings (SSSR count). The van der Waals surface area contributed by atoms with Crippen molar-refractivity contribution in [3.63, 3.8) is 0 Å². The van der Waals surface area contributed by atoms with Gasteiger partial charge in [-0.2, -0.15) is 0 Å². The molecule has 0 aliphatic heterocycles. The minimum absolute atomic E-state index is 0.0698. The van der Waals surface area contributed by atoms with Gasteiger partial charge in [0, 0.05) is 40.7 Å². The first-order valence-electron chi connectivity index (χ1n) is 15.7. The van der Waals surface area contributed by atoms with Gasteiger partial charge < -0.3 is 15.0 Å².